The molecule has 1 aromatic heterocycles. The van der Waals surface area contributed by atoms with E-state index in [1.165, 1.54) is 43.4 Å². The third-order valence-corrected chi connectivity index (χ3v) is 5.93. The van der Waals surface area contributed by atoms with Crippen molar-refractivity contribution in [2.45, 2.75) is 45.4 Å². The Labute approximate surface area is 131 Å². The molecule has 2 atom stereocenters. The smallest absolute Gasteiger partial charge is 0.136 e. The van der Waals surface area contributed by atoms with Crippen LogP contribution in [0.4, 0.5) is 0 Å². The minimum absolute atomic E-state index is 0.445. The van der Waals surface area contributed by atoms with Crippen molar-refractivity contribution in [1.82, 2.24) is 0 Å². The Hall–Kier alpha value is -1.21. The van der Waals surface area contributed by atoms with Gasteiger partial charge in [0.05, 0.1) is 5.02 Å². The lowest BCUT2D eigenvalue weighted by Gasteiger charge is -2.44. The molecule has 21 heavy (non-hydrogen) atoms. The summed E-state index contributed by atoms with van der Waals surface area (Å²) in [6, 6.07) is 10.2. The predicted molar refractivity (Wildman–Crippen MR) is 86.6 cm³/mol. The second-order valence-electron chi connectivity index (χ2n) is 7.02. The molecular formula is C19H21ClO. The molecule has 0 bridgehead atoms. The number of rotatable bonds is 1. The van der Waals surface area contributed by atoms with Gasteiger partial charge < -0.3 is 4.42 Å². The van der Waals surface area contributed by atoms with Gasteiger partial charge in [0, 0.05) is 12.0 Å². The summed E-state index contributed by atoms with van der Waals surface area (Å²) in [5.41, 5.74) is 2.87. The van der Waals surface area contributed by atoms with Crippen LogP contribution >= 0.6 is 11.6 Å². The summed E-state index contributed by atoms with van der Waals surface area (Å²) in [6.45, 7) is 2.46. The Kier molecular flexibility index (Phi) is 3.15. The zero-order valence-corrected chi connectivity index (χ0v) is 13.2. The molecule has 110 valence electrons. The maximum atomic E-state index is 6.31. The molecule has 1 aromatic carbocycles. The fourth-order valence-corrected chi connectivity index (χ4v) is 4.50. The van der Waals surface area contributed by atoms with Crippen molar-refractivity contribution >= 4 is 11.6 Å². The van der Waals surface area contributed by atoms with E-state index >= 15 is 0 Å². The first-order valence-corrected chi connectivity index (χ1v) is 8.40. The first kappa shape index (κ1) is 13.5. The van der Waals surface area contributed by atoms with Crippen molar-refractivity contribution in [3.8, 4) is 11.3 Å². The second-order valence-corrected chi connectivity index (χ2v) is 7.42. The van der Waals surface area contributed by atoms with Crippen LogP contribution in [0.3, 0.4) is 0 Å². The number of hydrogen-bond donors (Lipinski definition) is 0. The lowest BCUT2D eigenvalue weighted by atomic mass is 9.60. The maximum absolute atomic E-state index is 6.31. The Morgan fingerprint density at radius 2 is 2.10 bits per heavy atom. The summed E-state index contributed by atoms with van der Waals surface area (Å²) in [6.07, 6.45) is 7.77. The number of halogens is 1. The van der Waals surface area contributed by atoms with Gasteiger partial charge in [-0.05, 0) is 54.4 Å². The third kappa shape index (κ3) is 2.23. The summed E-state index contributed by atoms with van der Waals surface area (Å²) >= 11 is 6.31. The lowest BCUT2D eigenvalue weighted by Crippen LogP contribution is -2.37. The van der Waals surface area contributed by atoms with Gasteiger partial charge in [-0.1, -0.05) is 43.5 Å². The topological polar surface area (TPSA) is 13.1 Å². The molecule has 1 fully saturated rings. The molecule has 0 N–H and O–H groups in total. The average Bonchev–Trinajstić information content (AvgIpc) is 2.86. The van der Waals surface area contributed by atoms with Gasteiger partial charge in [0.15, 0.2) is 0 Å². The predicted octanol–water partition coefficient (Wildman–Crippen LogP) is 5.90. The van der Waals surface area contributed by atoms with Crippen LogP contribution in [0.5, 0.6) is 0 Å². The van der Waals surface area contributed by atoms with Gasteiger partial charge >= 0.3 is 0 Å². The van der Waals surface area contributed by atoms with E-state index in [4.69, 9.17) is 16.0 Å². The molecule has 2 aliphatic rings. The van der Waals surface area contributed by atoms with Crippen molar-refractivity contribution < 1.29 is 4.42 Å². The van der Waals surface area contributed by atoms with E-state index in [-0.39, 0.29) is 0 Å². The van der Waals surface area contributed by atoms with E-state index in [1.54, 1.807) is 0 Å². The third-order valence-electron chi connectivity index (χ3n) is 5.60. The molecule has 1 nitrogen and oxygen atoms in total. The highest BCUT2D eigenvalue weighted by Crippen LogP contribution is 2.50. The fourth-order valence-electron chi connectivity index (χ4n) is 4.27. The van der Waals surface area contributed by atoms with Gasteiger partial charge in [0.25, 0.3) is 0 Å². The Morgan fingerprint density at radius 1 is 1.24 bits per heavy atom. The number of furan rings is 1. The highest BCUT2D eigenvalue weighted by molar-refractivity contribution is 6.33. The summed E-state index contributed by atoms with van der Waals surface area (Å²) in [4.78, 5) is 0. The second kappa shape index (κ2) is 4.91. The molecule has 2 heteroatoms. The molecular weight excluding hydrogens is 280 g/mol. The molecule has 2 aromatic rings. The van der Waals surface area contributed by atoms with Crippen LogP contribution in [0, 0.1) is 11.3 Å². The van der Waals surface area contributed by atoms with Crippen molar-refractivity contribution in [1.29, 1.82) is 0 Å². The van der Waals surface area contributed by atoms with Crippen LogP contribution in [0.25, 0.3) is 11.3 Å². The molecule has 1 heterocycles. The van der Waals surface area contributed by atoms with Crippen molar-refractivity contribution in [3.05, 3.63) is 46.7 Å². The van der Waals surface area contributed by atoms with Crippen LogP contribution < -0.4 is 0 Å². The minimum Gasteiger partial charge on any atom is -0.461 e. The van der Waals surface area contributed by atoms with E-state index in [0.29, 0.717) is 5.41 Å². The molecule has 0 amide bonds. The van der Waals surface area contributed by atoms with E-state index < -0.39 is 0 Å². The van der Waals surface area contributed by atoms with Crippen LogP contribution in [0.1, 0.15) is 43.9 Å². The Morgan fingerprint density at radius 3 is 2.95 bits per heavy atom. The SMILES string of the molecule is CC12CCCCC1Cc1cc(-c3ccccc3Cl)oc1C2. The van der Waals surface area contributed by atoms with E-state index in [9.17, 15) is 0 Å². The summed E-state index contributed by atoms with van der Waals surface area (Å²) in [5.74, 6) is 2.97. The summed E-state index contributed by atoms with van der Waals surface area (Å²) in [5, 5.41) is 0.771. The van der Waals surface area contributed by atoms with Gasteiger partial charge in [-0.25, -0.2) is 0 Å². The van der Waals surface area contributed by atoms with Crippen LogP contribution in [0.2, 0.25) is 5.02 Å². The highest BCUT2D eigenvalue weighted by Gasteiger charge is 2.41. The van der Waals surface area contributed by atoms with Gasteiger partial charge in [-0.3, -0.25) is 0 Å². The molecule has 0 radical (unpaired) electrons. The Bertz CT molecular complexity index is 672. The molecule has 0 spiro atoms. The lowest BCUT2D eigenvalue weighted by molar-refractivity contribution is 0.0949. The van der Waals surface area contributed by atoms with Crippen LogP contribution in [-0.4, -0.2) is 0 Å². The molecule has 4 rings (SSSR count). The first-order valence-electron chi connectivity index (χ1n) is 8.02. The van der Waals surface area contributed by atoms with Crippen molar-refractivity contribution in [3.63, 3.8) is 0 Å². The maximum Gasteiger partial charge on any atom is 0.136 e. The largest absolute Gasteiger partial charge is 0.461 e. The minimum atomic E-state index is 0.445. The van der Waals surface area contributed by atoms with Crippen molar-refractivity contribution in [2.24, 2.45) is 11.3 Å². The van der Waals surface area contributed by atoms with Gasteiger partial charge in [0.1, 0.15) is 11.5 Å². The number of hydrogen-bond acceptors (Lipinski definition) is 1. The van der Waals surface area contributed by atoms with Gasteiger partial charge in [0.2, 0.25) is 0 Å². The molecule has 0 saturated heterocycles. The zero-order valence-electron chi connectivity index (χ0n) is 12.5. The highest BCUT2D eigenvalue weighted by atomic mass is 35.5. The average molecular weight is 301 g/mol. The van der Waals surface area contributed by atoms with Gasteiger partial charge in [-0.2, -0.15) is 0 Å². The molecule has 2 unspecified atom stereocenters. The van der Waals surface area contributed by atoms with E-state index in [1.807, 2.05) is 24.3 Å². The van der Waals surface area contributed by atoms with E-state index in [0.717, 1.165) is 28.7 Å². The van der Waals surface area contributed by atoms with Crippen LogP contribution in [0.15, 0.2) is 34.7 Å². The van der Waals surface area contributed by atoms with Crippen LogP contribution in [-0.2, 0) is 12.8 Å². The fraction of sp³-hybridized carbons (Fsp3) is 0.474. The van der Waals surface area contributed by atoms with Crippen molar-refractivity contribution in [2.75, 3.05) is 0 Å². The standard InChI is InChI=1S/C19H21ClO/c1-19-9-5-4-6-14(19)10-13-11-17(21-18(13)12-19)15-7-2-3-8-16(15)20/h2-3,7-8,11,14H,4-6,9-10,12H2,1H3. The van der Waals surface area contributed by atoms with E-state index in [2.05, 4.69) is 13.0 Å². The molecule has 0 aliphatic heterocycles. The molecule has 1 saturated carbocycles. The molecule has 2 aliphatic carbocycles. The zero-order chi connectivity index (χ0) is 14.4. The quantitative estimate of drug-likeness (QED) is 0.639. The first-order chi connectivity index (χ1) is 10.2. The Balaban J connectivity index is 1.73. The van der Waals surface area contributed by atoms with Gasteiger partial charge in [-0.15, -0.1) is 0 Å². The summed E-state index contributed by atoms with van der Waals surface area (Å²) < 4.78 is 6.20. The summed E-state index contributed by atoms with van der Waals surface area (Å²) in [7, 11) is 0. The number of benzene rings is 1. The normalized spacial score (nSPS) is 28.0. The monoisotopic (exact) mass is 300 g/mol. The number of fused-ring (bicyclic) bond motifs is 2.